The molecule has 2 unspecified atom stereocenters. The SMILES string of the molecule is CNC(Cc1cc(F)ccc1C)CC1CN(C)CCN1C. The van der Waals surface area contributed by atoms with Gasteiger partial charge in [0.1, 0.15) is 5.82 Å². The predicted molar refractivity (Wildman–Crippen MR) is 86.2 cm³/mol. The molecule has 1 aromatic rings. The van der Waals surface area contributed by atoms with E-state index in [1.807, 2.05) is 13.1 Å². The standard InChI is InChI=1S/C17H28FN3/c1-13-5-6-15(18)9-14(13)10-16(19-2)11-17-12-20(3)7-8-21(17)4/h5-6,9,16-17,19H,7-8,10-12H2,1-4H3. The van der Waals surface area contributed by atoms with Crippen molar-refractivity contribution in [2.45, 2.75) is 31.8 Å². The van der Waals surface area contributed by atoms with Crippen molar-refractivity contribution < 1.29 is 4.39 Å². The van der Waals surface area contributed by atoms with Crippen molar-refractivity contribution in [2.24, 2.45) is 0 Å². The number of likely N-dealkylation sites (N-methyl/N-ethyl adjacent to an activating group) is 3. The molecule has 0 amide bonds. The van der Waals surface area contributed by atoms with Gasteiger partial charge in [-0.2, -0.15) is 0 Å². The topological polar surface area (TPSA) is 18.5 Å². The molecule has 1 aromatic carbocycles. The van der Waals surface area contributed by atoms with Gasteiger partial charge < -0.3 is 15.1 Å². The normalized spacial score (nSPS) is 22.4. The van der Waals surface area contributed by atoms with E-state index in [2.05, 4.69) is 36.1 Å². The maximum absolute atomic E-state index is 13.4. The second-order valence-electron chi connectivity index (χ2n) is 6.39. The molecule has 1 N–H and O–H groups in total. The van der Waals surface area contributed by atoms with Crippen molar-refractivity contribution in [3.05, 3.63) is 35.1 Å². The Bertz CT molecular complexity index is 463. The Morgan fingerprint density at radius 2 is 2.10 bits per heavy atom. The number of aryl methyl sites for hydroxylation is 1. The summed E-state index contributed by atoms with van der Waals surface area (Å²) in [7, 11) is 6.40. The molecule has 2 rings (SSSR count). The second-order valence-corrected chi connectivity index (χ2v) is 6.39. The largest absolute Gasteiger partial charge is 0.317 e. The van der Waals surface area contributed by atoms with E-state index < -0.39 is 0 Å². The molecule has 1 aliphatic heterocycles. The summed E-state index contributed by atoms with van der Waals surface area (Å²) in [5.74, 6) is -0.139. The molecule has 1 aliphatic rings. The molecule has 0 bridgehead atoms. The number of nitrogens with one attached hydrogen (secondary N) is 1. The van der Waals surface area contributed by atoms with E-state index in [4.69, 9.17) is 0 Å². The van der Waals surface area contributed by atoms with Crippen molar-refractivity contribution in [1.82, 2.24) is 15.1 Å². The van der Waals surface area contributed by atoms with Crippen molar-refractivity contribution in [3.8, 4) is 0 Å². The summed E-state index contributed by atoms with van der Waals surface area (Å²) in [6.07, 6.45) is 1.97. The molecular formula is C17H28FN3. The first-order valence-electron chi connectivity index (χ1n) is 7.80. The van der Waals surface area contributed by atoms with E-state index in [9.17, 15) is 4.39 Å². The minimum Gasteiger partial charge on any atom is -0.317 e. The highest BCUT2D eigenvalue weighted by atomic mass is 19.1. The first-order valence-corrected chi connectivity index (χ1v) is 7.80. The van der Waals surface area contributed by atoms with Gasteiger partial charge in [0.15, 0.2) is 0 Å². The van der Waals surface area contributed by atoms with Gasteiger partial charge in [-0.3, -0.25) is 0 Å². The van der Waals surface area contributed by atoms with Gasteiger partial charge in [-0.15, -0.1) is 0 Å². The maximum atomic E-state index is 13.4. The van der Waals surface area contributed by atoms with Crippen LogP contribution in [-0.4, -0.2) is 62.7 Å². The number of hydrogen-bond acceptors (Lipinski definition) is 3. The Balaban J connectivity index is 2.01. The first kappa shape index (κ1) is 16.4. The Morgan fingerprint density at radius 1 is 1.33 bits per heavy atom. The molecule has 0 aromatic heterocycles. The van der Waals surface area contributed by atoms with Crippen molar-refractivity contribution >= 4 is 0 Å². The Kier molecular flexibility index (Phi) is 5.73. The smallest absolute Gasteiger partial charge is 0.123 e. The lowest BCUT2D eigenvalue weighted by atomic mass is 9.95. The van der Waals surface area contributed by atoms with Gasteiger partial charge in [-0.1, -0.05) is 6.07 Å². The Morgan fingerprint density at radius 3 is 2.81 bits per heavy atom. The second kappa shape index (κ2) is 7.34. The highest BCUT2D eigenvalue weighted by molar-refractivity contribution is 5.27. The highest BCUT2D eigenvalue weighted by Crippen LogP contribution is 2.17. The fraction of sp³-hybridized carbons (Fsp3) is 0.647. The molecule has 1 fully saturated rings. The summed E-state index contributed by atoms with van der Waals surface area (Å²) < 4.78 is 13.4. The van der Waals surface area contributed by atoms with Gasteiger partial charge in [0.2, 0.25) is 0 Å². The quantitative estimate of drug-likeness (QED) is 0.894. The van der Waals surface area contributed by atoms with Crippen LogP contribution in [0.5, 0.6) is 0 Å². The van der Waals surface area contributed by atoms with Crippen LogP contribution in [-0.2, 0) is 6.42 Å². The van der Waals surface area contributed by atoms with Crippen LogP contribution in [0.3, 0.4) is 0 Å². The minimum atomic E-state index is -0.139. The molecule has 21 heavy (non-hydrogen) atoms. The molecule has 3 nitrogen and oxygen atoms in total. The molecule has 118 valence electrons. The molecule has 1 heterocycles. The van der Waals surface area contributed by atoms with E-state index in [0.29, 0.717) is 12.1 Å². The predicted octanol–water partition coefficient (Wildman–Crippen LogP) is 1.90. The van der Waals surface area contributed by atoms with Gasteiger partial charge in [-0.25, -0.2) is 4.39 Å². The van der Waals surface area contributed by atoms with Crippen LogP contribution in [0.1, 0.15) is 17.5 Å². The maximum Gasteiger partial charge on any atom is 0.123 e. The van der Waals surface area contributed by atoms with Crippen molar-refractivity contribution in [1.29, 1.82) is 0 Å². The fourth-order valence-electron chi connectivity index (χ4n) is 3.11. The van der Waals surface area contributed by atoms with Crippen molar-refractivity contribution in [3.63, 3.8) is 0 Å². The number of rotatable bonds is 5. The Hall–Kier alpha value is -0.970. The fourth-order valence-corrected chi connectivity index (χ4v) is 3.11. The van der Waals surface area contributed by atoms with Crippen LogP contribution in [0.15, 0.2) is 18.2 Å². The van der Waals surface area contributed by atoms with Crippen LogP contribution in [0.25, 0.3) is 0 Å². The van der Waals surface area contributed by atoms with Gasteiger partial charge in [0.25, 0.3) is 0 Å². The summed E-state index contributed by atoms with van der Waals surface area (Å²) in [5.41, 5.74) is 2.28. The molecule has 0 saturated carbocycles. The number of halogens is 1. The zero-order valence-electron chi connectivity index (χ0n) is 13.7. The third-order valence-corrected chi connectivity index (χ3v) is 4.72. The van der Waals surface area contributed by atoms with Gasteiger partial charge in [0, 0.05) is 31.7 Å². The highest BCUT2D eigenvalue weighted by Gasteiger charge is 2.25. The van der Waals surface area contributed by atoms with E-state index in [1.54, 1.807) is 6.07 Å². The molecule has 0 spiro atoms. The lowest BCUT2D eigenvalue weighted by Gasteiger charge is -2.39. The number of nitrogens with zero attached hydrogens (tertiary/aromatic N) is 2. The zero-order chi connectivity index (χ0) is 15.4. The van der Waals surface area contributed by atoms with Crippen LogP contribution in [0.2, 0.25) is 0 Å². The third-order valence-electron chi connectivity index (χ3n) is 4.72. The molecule has 0 aliphatic carbocycles. The van der Waals surface area contributed by atoms with Gasteiger partial charge >= 0.3 is 0 Å². The molecule has 1 saturated heterocycles. The number of benzene rings is 1. The average molecular weight is 293 g/mol. The molecule has 0 radical (unpaired) electrons. The monoisotopic (exact) mass is 293 g/mol. The summed E-state index contributed by atoms with van der Waals surface area (Å²) in [6.45, 7) is 5.43. The first-order chi connectivity index (χ1) is 9.99. The zero-order valence-corrected chi connectivity index (χ0v) is 13.7. The third kappa shape index (κ3) is 4.50. The Labute approximate surface area is 128 Å². The van der Waals surface area contributed by atoms with Gasteiger partial charge in [-0.05, 0) is 64.2 Å². The van der Waals surface area contributed by atoms with Crippen LogP contribution in [0, 0.1) is 12.7 Å². The average Bonchev–Trinajstić information content (AvgIpc) is 2.45. The van der Waals surface area contributed by atoms with Crippen molar-refractivity contribution in [2.75, 3.05) is 40.8 Å². The minimum absolute atomic E-state index is 0.139. The lowest BCUT2D eigenvalue weighted by Crippen LogP contribution is -2.52. The summed E-state index contributed by atoms with van der Waals surface area (Å²) in [4.78, 5) is 4.84. The summed E-state index contributed by atoms with van der Waals surface area (Å²) >= 11 is 0. The van der Waals surface area contributed by atoms with E-state index in [-0.39, 0.29) is 5.82 Å². The van der Waals surface area contributed by atoms with Crippen LogP contribution >= 0.6 is 0 Å². The summed E-state index contributed by atoms with van der Waals surface area (Å²) in [6, 6.07) is 6.03. The number of hydrogen-bond donors (Lipinski definition) is 1. The van der Waals surface area contributed by atoms with Crippen LogP contribution in [0.4, 0.5) is 4.39 Å². The van der Waals surface area contributed by atoms with Gasteiger partial charge in [0.05, 0.1) is 0 Å². The summed E-state index contributed by atoms with van der Waals surface area (Å²) in [5, 5.41) is 3.41. The molecular weight excluding hydrogens is 265 g/mol. The van der Waals surface area contributed by atoms with E-state index >= 15 is 0 Å². The number of piperazine rings is 1. The van der Waals surface area contributed by atoms with E-state index in [0.717, 1.165) is 38.0 Å². The van der Waals surface area contributed by atoms with Crippen LogP contribution < -0.4 is 5.32 Å². The van der Waals surface area contributed by atoms with E-state index in [1.165, 1.54) is 11.6 Å². The molecule has 2 atom stereocenters. The lowest BCUT2D eigenvalue weighted by molar-refractivity contribution is 0.102. The molecule has 4 heteroatoms.